The minimum absolute atomic E-state index is 0.0271. The molecule has 2 amide bonds. The number of primary amides is 1. The highest BCUT2D eigenvalue weighted by Crippen LogP contribution is 2.40. The number of benzene rings is 2. The Morgan fingerprint density at radius 3 is 2.19 bits per heavy atom. The van der Waals surface area contributed by atoms with Crippen molar-refractivity contribution in [1.29, 1.82) is 0 Å². The number of carbonyl (C=O) groups is 3. The topological polar surface area (TPSA) is 123 Å². The van der Waals surface area contributed by atoms with E-state index in [9.17, 15) is 22.8 Å². The number of nitrogens with one attached hydrogen (secondary N) is 1. The first-order valence-electron chi connectivity index (χ1n) is 10.1. The van der Waals surface area contributed by atoms with Gasteiger partial charge in [0.05, 0.1) is 9.79 Å². The van der Waals surface area contributed by atoms with Crippen LogP contribution < -0.4 is 11.1 Å². The monoisotopic (exact) mass is 440 g/mol. The number of fused-ring (bicyclic) bond motifs is 2. The van der Waals surface area contributed by atoms with E-state index in [0.717, 1.165) is 12.8 Å². The molecule has 2 aliphatic rings. The van der Waals surface area contributed by atoms with Crippen molar-refractivity contribution in [2.75, 3.05) is 0 Å². The Labute approximate surface area is 180 Å². The number of ketones is 1. The summed E-state index contributed by atoms with van der Waals surface area (Å²) in [5.41, 5.74) is 4.72. The van der Waals surface area contributed by atoms with E-state index in [-0.39, 0.29) is 31.9 Å². The van der Waals surface area contributed by atoms with Crippen molar-refractivity contribution in [1.82, 2.24) is 5.32 Å². The van der Waals surface area contributed by atoms with Gasteiger partial charge in [-0.3, -0.25) is 14.4 Å². The Morgan fingerprint density at radius 1 is 0.935 bits per heavy atom. The third-order valence-corrected chi connectivity index (χ3v) is 8.33. The van der Waals surface area contributed by atoms with Crippen molar-refractivity contribution in [3.63, 3.8) is 0 Å². The van der Waals surface area contributed by atoms with E-state index in [1.807, 2.05) is 0 Å². The van der Waals surface area contributed by atoms with Crippen molar-refractivity contribution < 1.29 is 22.8 Å². The smallest absolute Gasteiger partial charge is 0.252 e. The van der Waals surface area contributed by atoms with Gasteiger partial charge >= 0.3 is 0 Å². The third-order valence-electron chi connectivity index (χ3n) is 6.48. The number of carbonyl (C=O) groups excluding carboxylic acids is 3. The van der Waals surface area contributed by atoms with Gasteiger partial charge in [0.2, 0.25) is 15.7 Å². The standard InChI is InChI=1S/C23H24N2O5S/c1-22(2)9-11-23(12-10-22,21(24)28)25-20(27)14-7-8-16-18(13-14)31(29,30)17-6-4-3-5-15(17)19(16)26/h3-8,13H,9-12H2,1-2H3,(H2,24,28)(H,25,27). The van der Waals surface area contributed by atoms with Crippen molar-refractivity contribution in [2.24, 2.45) is 11.1 Å². The molecular formula is C23H24N2O5S. The van der Waals surface area contributed by atoms with E-state index in [1.54, 1.807) is 12.1 Å². The second kappa shape index (κ2) is 7.02. The highest BCUT2D eigenvalue weighted by molar-refractivity contribution is 7.91. The molecule has 3 N–H and O–H groups in total. The predicted molar refractivity (Wildman–Crippen MR) is 113 cm³/mol. The maximum absolute atomic E-state index is 13.1. The van der Waals surface area contributed by atoms with E-state index in [2.05, 4.69) is 19.2 Å². The van der Waals surface area contributed by atoms with Crippen LogP contribution in [0.25, 0.3) is 0 Å². The fourth-order valence-corrected chi connectivity index (χ4v) is 5.98. The predicted octanol–water partition coefficient (Wildman–Crippen LogP) is 2.62. The number of nitrogens with two attached hydrogens (primary N) is 1. The highest BCUT2D eigenvalue weighted by Gasteiger charge is 2.44. The van der Waals surface area contributed by atoms with Crippen molar-refractivity contribution >= 4 is 27.4 Å². The molecule has 0 aromatic heterocycles. The third kappa shape index (κ3) is 3.44. The summed E-state index contributed by atoms with van der Waals surface area (Å²) in [7, 11) is -3.96. The molecule has 1 heterocycles. The second-order valence-electron chi connectivity index (χ2n) is 9.10. The Kier molecular flexibility index (Phi) is 4.81. The molecule has 0 spiro atoms. The summed E-state index contributed by atoms with van der Waals surface area (Å²) in [5, 5.41) is 2.76. The number of amides is 2. The molecule has 0 radical (unpaired) electrons. The SMILES string of the molecule is CC1(C)CCC(NC(=O)c2ccc3c(c2)S(=O)(=O)c2ccccc2C3=O)(C(N)=O)CC1. The van der Waals surface area contributed by atoms with Crippen LogP contribution in [0.4, 0.5) is 0 Å². The zero-order valence-corrected chi connectivity index (χ0v) is 18.2. The molecule has 2 aromatic rings. The molecule has 0 bridgehead atoms. The molecule has 8 heteroatoms. The Balaban J connectivity index is 1.70. The second-order valence-corrected chi connectivity index (χ2v) is 11.0. The lowest BCUT2D eigenvalue weighted by molar-refractivity contribution is -0.126. The van der Waals surface area contributed by atoms with Crippen LogP contribution in [0.15, 0.2) is 52.3 Å². The number of hydrogen-bond donors (Lipinski definition) is 2. The minimum atomic E-state index is -3.96. The van der Waals surface area contributed by atoms with Gasteiger partial charge in [-0.15, -0.1) is 0 Å². The summed E-state index contributed by atoms with van der Waals surface area (Å²) < 4.78 is 26.2. The van der Waals surface area contributed by atoms with Crippen molar-refractivity contribution in [2.45, 2.75) is 54.9 Å². The molecule has 7 nitrogen and oxygen atoms in total. The molecule has 1 saturated carbocycles. The van der Waals surface area contributed by atoms with Gasteiger partial charge in [0.1, 0.15) is 5.54 Å². The molecule has 0 unspecified atom stereocenters. The molecule has 1 fully saturated rings. The van der Waals surface area contributed by atoms with Gasteiger partial charge < -0.3 is 11.1 Å². The van der Waals surface area contributed by atoms with Gasteiger partial charge in [0.15, 0.2) is 5.78 Å². The Hall–Kier alpha value is -3.00. The van der Waals surface area contributed by atoms with Crippen LogP contribution in [0, 0.1) is 5.41 Å². The summed E-state index contributed by atoms with van der Waals surface area (Å²) in [6, 6.07) is 9.96. The van der Waals surface area contributed by atoms with Crippen LogP contribution in [0.2, 0.25) is 0 Å². The maximum atomic E-state index is 13.1. The van der Waals surface area contributed by atoms with Crippen molar-refractivity contribution in [3.8, 4) is 0 Å². The number of sulfone groups is 1. The first-order chi connectivity index (χ1) is 14.5. The fourth-order valence-electron chi connectivity index (χ4n) is 4.30. The van der Waals surface area contributed by atoms with Gasteiger partial charge in [0, 0.05) is 16.7 Å². The summed E-state index contributed by atoms with van der Waals surface area (Å²) in [4.78, 5) is 37.7. The van der Waals surface area contributed by atoms with E-state index in [1.165, 1.54) is 30.3 Å². The zero-order valence-electron chi connectivity index (χ0n) is 17.4. The number of rotatable bonds is 3. The van der Waals surface area contributed by atoms with Crippen LogP contribution in [-0.4, -0.2) is 31.6 Å². The summed E-state index contributed by atoms with van der Waals surface area (Å²) in [5.74, 6) is -1.61. The van der Waals surface area contributed by atoms with Crippen LogP contribution in [0.1, 0.15) is 65.8 Å². The van der Waals surface area contributed by atoms with Gasteiger partial charge in [-0.2, -0.15) is 0 Å². The van der Waals surface area contributed by atoms with E-state index < -0.39 is 33.0 Å². The summed E-state index contributed by atoms with van der Waals surface area (Å²) >= 11 is 0. The van der Waals surface area contributed by atoms with E-state index in [4.69, 9.17) is 5.73 Å². The van der Waals surface area contributed by atoms with Crippen LogP contribution >= 0.6 is 0 Å². The average molecular weight is 441 g/mol. The molecule has 0 saturated heterocycles. The first-order valence-corrected chi connectivity index (χ1v) is 11.6. The molecule has 1 aliphatic heterocycles. The Morgan fingerprint density at radius 2 is 1.55 bits per heavy atom. The molecule has 1 aliphatic carbocycles. The lowest BCUT2D eigenvalue weighted by Crippen LogP contribution is -2.59. The Bertz CT molecular complexity index is 1220. The van der Waals surface area contributed by atoms with Crippen LogP contribution in [0.3, 0.4) is 0 Å². The van der Waals surface area contributed by atoms with Gasteiger partial charge in [0.25, 0.3) is 5.91 Å². The summed E-state index contributed by atoms with van der Waals surface area (Å²) in [6.07, 6.45) is 2.27. The lowest BCUT2D eigenvalue weighted by Gasteiger charge is -2.42. The molecule has 4 rings (SSSR count). The molecule has 0 atom stereocenters. The zero-order chi connectivity index (χ0) is 22.6. The highest BCUT2D eigenvalue weighted by atomic mass is 32.2. The van der Waals surface area contributed by atoms with E-state index >= 15 is 0 Å². The van der Waals surface area contributed by atoms with Crippen LogP contribution in [-0.2, 0) is 14.6 Å². The first kappa shape index (κ1) is 21.2. The van der Waals surface area contributed by atoms with Gasteiger partial charge in [-0.05, 0) is 61.4 Å². The average Bonchev–Trinajstić information content (AvgIpc) is 2.73. The molecule has 31 heavy (non-hydrogen) atoms. The van der Waals surface area contributed by atoms with Crippen LogP contribution in [0.5, 0.6) is 0 Å². The van der Waals surface area contributed by atoms with Gasteiger partial charge in [-0.1, -0.05) is 26.0 Å². The fraction of sp³-hybridized carbons (Fsp3) is 0.348. The normalized spacial score (nSPS) is 20.3. The summed E-state index contributed by atoms with van der Waals surface area (Å²) in [6.45, 7) is 4.20. The van der Waals surface area contributed by atoms with Gasteiger partial charge in [-0.25, -0.2) is 8.42 Å². The minimum Gasteiger partial charge on any atom is -0.368 e. The van der Waals surface area contributed by atoms with Crippen molar-refractivity contribution in [3.05, 3.63) is 59.2 Å². The number of hydrogen-bond acceptors (Lipinski definition) is 5. The molecule has 162 valence electrons. The molecule has 2 aromatic carbocycles. The van der Waals surface area contributed by atoms with E-state index in [0.29, 0.717) is 12.8 Å². The molecular weight excluding hydrogens is 416 g/mol. The maximum Gasteiger partial charge on any atom is 0.252 e. The lowest BCUT2D eigenvalue weighted by atomic mass is 9.69. The largest absolute Gasteiger partial charge is 0.368 e. The quantitative estimate of drug-likeness (QED) is 0.648.